The summed E-state index contributed by atoms with van der Waals surface area (Å²) in [6, 6.07) is 9.99. The van der Waals surface area contributed by atoms with E-state index in [-0.39, 0.29) is 65.3 Å². The van der Waals surface area contributed by atoms with E-state index in [0.29, 0.717) is 29.6 Å². The zero-order chi connectivity index (χ0) is 46.0. The van der Waals surface area contributed by atoms with Crippen LogP contribution in [0.5, 0.6) is 0 Å². The summed E-state index contributed by atoms with van der Waals surface area (Å²) in [5, 5.41) is 28.9. The van der Waals surface area contributed by atoms with Crippen LogP contribution in [0.1, 0.15) is 76.7 Å². The Labute approximate surface area is 375 Å². The molecule has 0 spiro atoms. The molecule has 7 rings (SSSR count). The number of ether oxygens (including phenoxy) is 2. The van der Waals surface area contributed by atoms with E-state index in [1.165, 1.54) is 19.0 Å². The van der Waals surface area contributed by atoms with Gasteiger partial charge in [0.25, 0.3) is 18.1 Å². The Morgan fingerprint density at radius 3 is 2.48 bits per heavy atom. The summed E-state index contributed by atoms with van der Waals surface area (Å²) in [6.45, 7) is 9.95. The second-order valence-corrected chi connectivity index (χ2v) is 25.3. The van der Waals surface area contributed by atoms with E-state index in [4.69, 9.17) is 34.8 Å². The largest absolute Gasteiger partial charge is 0.408 e. The monoisotopic (exact) mass is 936 g/mol. The first-order valence-electron chi connectivity index (χ1n) is 20.9. The molecule has 1 unspecified atom stereocenters. The molecule has 0 aliphatic carbocycles. The molecule has 24 heteroatoms. The zero-order valence-electron chi connectivity index (χ0n) is 36.5. The highest BCUT2D eigenvalue weighted by Gasteiger charge is 2.52. The number of aromatic amines is 1. The highest BCUT2D eigenvalue weighted by Crippen LogP contribution is 2.50. The second-order valence-electron chi connectivity index (χ2n) is 17.3. The van der Waals surface area contributed by atoms with Crippen molar-refractivity contribution in [3.63, 3.8) is 0 Å². The number of amides is 2. The van der Waals surface area contributed by atoms with Crippen molar-refractivity contribution in [3.05, 3.63) is 65.2 Å². The molecule has 7 atom stereocenters. The van der Waals surface area contributed by atoms with E-state index >= 15 is 0 Å². The molecule has 5 aromatic rings. The molecule has 2 saturated heterocycles. The SMILES string of the molecule is CC(C)C(=O)Nc1nc2c(ncn2[C@H]2CC[C@@H](COP(=S)(N[C@H]3[C@@H](O[Si](C)(C)C(C)(C)C)[C@H](n4cnc5c(NC(=O)c6ccccc6)ncnc54)O[C@@H]3CO)OCCC#N)O2)c(=O)[nH]1. The Bertz CT molecular complexity index is 2630. The van der Waals surface area contributed by atoms with Crippen LogP contribution < -0.4 is 21.3 Å². The summed E-state index contributed by atoms with van der Waals surface area (Å²) in [5.41, 5.74) is 0.919. The molecule has 6 heterocycles. The quantitative estimate of drug-likeness (QED) is 0.0472. The van der Waals surface area contributed by atoms with E-state index in [9.17, 15) is 24.8 Å². The minimum absolute atomic E-state index is 0.00107. The van der Waals surface area contributed by atoms with Crippen LogP contribution in [0.4, 0.5) is 11.8 Å². The van der Waals surface area contributed by atoms with Crippen molar-refractivity contribution in [2.24, 2.45) is 5.92 Å². The van der Waals surface area contributed by atoms with Crippen LogP contribution in [0.2, 0.25) is 18.1 Å². The number of H-pyrrole nitrogens is 1. The number of hydrogen-bond acceptors (Lipinski definition) is 16. The van der Waals surface area contributed by atoms with Gasteiger partial charge in [0.1, 0.15) is 24.8 Å². The Hall–Kier alpha value is -4.86. The third-order valence-electron chi connectivity index (χ3n) is 11.5. The van der Waals surface area contributed by atoms with Crippen molar-refractivity contribution in [2.75, 3.05) is 30.5 Å². The maximum Gasteiger partial charge on any atom is 0.280 e. The molecular weight excluding hydrogens is 884 g/mol. The topological polar surface area (TPSA) is 268 Å². The van der Waals surface area contributed by atoms with Crippen molar-refractivity contribution in [3.8, 4) is 6.07 Å². The summed E-state index contributed by atoms with van der Waals surface area (Å²) in [6.07, 6.45) is 1.73. The van der Waals surface area contributed by atoms with Gasteiger partial charge >= 0.3 is 0 Å². The number of nitriles is 1. The molecule has 0 saturated carbocycles. The van der Waals surface area contributed by atoms with Crippen molar-refractivity contribution in [1.29, 1.82) is 5.26 Å². The van der Waals surface area contributed by atoms with E-state index < -0.39 is 63.9 Å². The van der Waals surface area contributed by atoms with Crippen molar-refractivity contribution in [2.45, 2.75) is 109 Å². The molecule has 4 aromatic heterocycles. The van der Waals surface area contributed by atoms with E-state index in [0.717, 1.165) is 0 Å². The smallest absolute Gasteiger partial charge is 0.280 e. The molecule has 2 fully saturated rings. The molecule has 64 heavy (non-hydrogen) atoms. The summed E-state index contributed by atoms with van der Waals surface area (Å²) in [4.78, 5) is 63.1. The van der Waals surface area contributed by atoms with Crippen LogP contribution in [0.3, 0.4) is 0 Å². The van der Waals surface area contributed by atoms with Gasteiger partial charge in [-0.2, -0.15) is 10.2 Å². The standard InChI is InChI=1S/C40H53N12O9PSSi/c1-23(2)35(54)48-39-47-34-30(37(56)49-39)45-21-51(34)27-15-14-25(59-27)19-58-62(63,57-17-11-16-41)50-28-26(18-53)60-38(31(28)61-64(6,7)40(3,4)5)52-22-44-29-32(42-20-43-33(29)52)46-36(55)24-12-9-8-10-13-24/h8-10,12-13,20-23,25-28,31,38,53H,11,14-15,17-19H2,1-7H3,(H,50,63)(H,42,43,46,55)(H2,47,48,49,54,56)/t25-,26+,27+,28+,31+,38+,62?/m0/s1. The van der Waals surface area contributed by atoms with Crippen molar-refractivity contribution < 1.29 is 37.6 Å². The lowest BCUT2D eigenvalue weighted by atomic mass is 10.1. The fraction of sp³-hybridized carbons (Fsp3) is 0.525. The molecule has 1 aromatic carbocycles. The lowest BCUT2D eigenvalue weighted by Gasteiger charge is -2.41. The maximum atomic E-state index is 13.1. The number of hydrogen-bond donors (Lipinski definition) is 5. The Balaban J connectivity index is 1.14. The summed E-state index contributed by atoms with van der Waals surface area (Å²) < 4.78 is 36.1. The average molecular weight is 937 g/mol. The number of benzene rings is 1. The first kappa shape index (κ1) is 47.1. The predicted octanol–water partition coefficient (Wildman–Crippen LogP) is 4.89. The first-order valence-corrected chi connectivity index (χ1v) is 26.4. The zero-order valence-corrected chi connectivity index (χ0v) is 39.3. The number of rotatable bonds is 17. The number of aromatic nitrogens is 8. The van der Waals surface area contributed by atoms with Crippen molar-refractivity contribution >= 4 is 72.7 Å². The van der Waals surface area contributed by atoms with Gasteiger partial charge in [-0.1, -0.05) is 52.8 Å². The normalized spacial score (nSPS) is 22.5. The van der Waals surface area contributed by atoms with Gasteiger partial charge in [0.2, 0.25) is 11.9 Å². The molecule has 0 radical (unpaired) electrons. The minimum atomic E-state index is -3.52. The highest BCUT2D eigenvalue weighted by atomic mass is 32.5. The van der Waals surface area contributed by atoms with Crippen LogP contribution >= 0.6 is 6.64 Å². The van der Waals surface area contributed by atoms with Gasteiger partial charge in [0, 0.05) is 11.5 Å². The van der Waals surface area contributed by atoms with Crippen LogP contribution in [-0.4, -0.2) is 108 Å². The summed E-state index contributed by atoms with van der Waals surface area (Å²) >= 11 is 6.15. The van der Waals surface area contributed by atoms with Crippen LogP contribution in [0, 0.1) is 17.2 Å². The fourth-order valence-electron chi connectivity index (χ4n) is 6.97. The average Bonchev–Trinajstić information content (AvgIpc) is 4.06. The second kappa shape index (κ2) is 19.3. The van der Waals surface area contributed by atoms with E-state index in [1.807, 2.05) is 6.07 Å². The number of aliphatic hydroxyl groups is 1. The third kappa shape index (κ3) is 10.2. The lowest BCUT2D eigenvalue weighted by molar-refractivity contribution is -0.118. The van der Waals surface area contributed by atoms with Gasteiger partial charge in [0.15, 0.2) is 42.7 Å². The van der Waals surface area contributed by atoms with Gasteiger partial charge in [-0.05, 0) is 54.9 Å². The predicted molar refractivity (Wildman–Crippen MR) is 241 cm³/mol. The molecule has 2 aliphatic heterocycles. The Morgan fingerprint density at radius 1 is 1.05 bits per heavy atom. The molecule has 0 bridgehead atoms. The molecule has 5 N–H and O–H groups in total. The van der Waals surface area contributed by atoms with Gasteiger partial charge in [-0.25, -0.2) is 25.0 Å². The summed E-state index contributed by atoms with van der Waals surface area (Å²) in [5.74, 6) is -0.819. The Kier molecular flexibility index (Phi) is 14.2. The van der Waals surface area contributed by atoms with E-state index in [2.05, 4.69) is 85.6 Å². The molecule has 2 aliphatic rings. The number of carbonyl (C=O) groups is 2. The van der Waals surface area contributed by atoms with E-state index in [1.54, 1.807) is 47.2 Å². The Morgan fingerprint density at radius 2 is 1.78 bits per heavy atom. The molecular formula is C40H53N12O9PSSi. The molecule has 2 amide bonds. The number of carbonyl (C=O) groups excluding carboxylic acids is 2. The maximum absolute atomic E-state index is 13.1. The van der Waals surface area contributed by atoms with Gasteiger partial charge in [0.05, 0.1) is 57.1 Å². The number of fused-ring (bicyclic) bond motifs is 2. The molecule has 21 nitrogen and oxygen atoms in total. The number of imidazole rings is 2. The fourth-order valence-corrected chi connectivity index (χ4v) is 10.6. The van der Waals surface area contributed by atoms with Crippen LogP contribution in [0.25, 0.3) is 22.3 Å². The van der Waals surface area contributed by atoms with Crippen LogP contribution in [-0.2, 0) is 39.5 Å². The van der Waals surface area contributed by atoms with Crippen molar-refractivity contribution in [1.82, 2.24) is 44.1 Å². The number of nitrogens with zero attached hydrogens (tertiary/aromatic N) is 8. The van der Waals surface area contributed by atoms with Gasteiger partial charge in [-0.15, -0.1) is 0 Å². The lowest BCUT2D eigenvalue weighted by Crippen LogP contribution is -2.52. The minimum Gasteiger partial charge on any atom is -0.408 e. The number of nitrogens with one attached hydrogen (secondary N) is 4. The summed E-state index contributed by atoms with van der Waals surface area (Å²) in [7, 11) is -2.61. The highest BCUT2D eigenvalue weighted by molar-refractivity contribution is 8.09. The van der Waals surface area contributed by atoms with Gasteiger partial charge < -0.3 is 33.4 Å². The first-order chi connectivity index (χ1) is 30.4. The number of anilines is 2. The third-order valence-corrected chi connectivity index (χ3v) is 18.5. The van der Waals surface area contributed by atoms with Crippen LogP contribution in [0.15, 0.2) is 54.1 Å². The molecule has 342 valence electrons. The van der Waals surface area contributed by atoms with Gasteiger partial charge in [-0.3, -0.25) is 33.8 Å². The number of aliphatic hydroxyl groups excluding tert-OH is 1.